The van der Waals surface area contributed by atoms with Crippen molar-refractivity contribution in [3.63, 3.8) is 0 Å². The maximum Gasteiger partial charge on any atom is 0.306 e. The van der Waals surface area contributed by atoms with E-state index in [2.05, 4.69) is 93.7 Å². The zero-order chi connectivity index (χ0) is 43.0. The molecule has 6 nitrogen and oxygen atoms in total. The summed E-state index contributed by atoms with van der Waals surface area (Å²) in [6.45, 7) is 6.40. The van der Waals surface area contributed by atoms with Crippen molar-refractivity contribution in [3.8, 4) is 0 Å². The summed E-state index contributed by atoms with van der Waals surface area (Å²) in [5, 5.41) is 0. The van der Waals surface area contributed by atoms with Gasteiger partial charge in [-0.15, -0.1) is 0 Å². The van der Waals surface area contributed by atoms with Crippen molar-refractivity contribution in [2.24, 2.45) is 0 Å². The fourth-order valence-electron chi connectivity index (χ4n) is 6.49. The van der Waals surface area contributed by atoms with Gasteiger partial charge in [0, 0.05) is 19.3 Å². The molecule has 0 saturated heterocycles. The Labute approximate surface area is 363 Å². The molecule has 6 heteroatoms. The highest BCUT2D eigenvalue weighted by atomic mass is 16.6. The smallest absolute Gasteiger partial charge is 0.306 e. The van der Waals surface area contributed by atoms with Crippen molar-refractivity contribution >= 4 is 17.9 Å². The molecule has 0 radical (unpaired) electrons. The minimum atomic E-state index is -0.792. The number of carbonyl (C=O) groups is 3. The van der Waals surface area contributed by atoms with E-state index in [1.807, 2.05) is 0 Å². The molecular formula is C53H90O6. The fourth-order valence-corrected chi connectivity index (χ4v) is 6.49. The number of allylic oxidation sites excluding steroid dienone is 12. The highest BCUT2D eigenvalue weighted by Crippen LogP contribution is 2.13. The van der Waals surface area contributed by atoms with Crippen LogP contribution in [0.15, 0.2) is 72.9 Å². The summed E-state index contributed by atoms with van der Waals surface area (Å²) >= 11 is 0. The number of unbranched alkanes of at least 4 members (excludes halogenated alkanes) is 20. The minimum absolute atomic E-state index is 0.0917. The Balaban J connectivity index is 4.44. The van der Waals surface area contributed by atoms with Gasteiger partial charge >= 0.3 is 17.9 Å². The fraction of sp³-hybridized carbons (Fsp3) is 0.717. The van der Waals surface area contributed by atoms with E-state index in [1.54, 1.807) is 0 Å². The lowest BCUT2D eigenvalue weighted by molar-refractivity contribution is -0.167. The summed E-state index contributed by atoms with van der Waals surface area (Å²) in [6.07, 6.45) is 58.8. The molecule has 0 spiro atoms. The van der Waals surface area contributed by atoms with Gasteiger partial charge in [-0.1, -0.05) is 177 Å². The summed E-state index contributed by atoms with van der Waals surface area (Å²) in [6, 6.07) is 0. The molecule has 1 unspecified atom stereocenters. The van der Waals surface area contributed by atoms with Crippen LogP contribution in [0.3, 0.4) is 0 Å². The summed E-state index contributed by atoms with van der Waals surface area (Å²) < 4.78 is 16.7. The van der Waals surface area contributed by atoms with Crippen molar-refractivity contribution < 1.29 is 28.6 Å². The van der Waals surface area contributed by atoms with Crippen LogP contribution in [0.1, 0.15) is 226 Å². The van der Waals surface area contributed by atoms with Crippen molar-refractivity contribution in [1.82, 2.24) is 0 Å². The highest BCUT2D eigenvalue weighted by molar-refractivity contribution is 5.71. The summed E-state index contributed by atoms with van der Waals surface area (Å²) in [5.74, 6) is -0.934. The Morgan fingerprint density at radius 2 is 0.695 bits per heavy atom. The van der Waals surface area contributed by atoms with Crippen LogP contribution in [0.25, 0.3) is 0 Å². The molecule has 338 valence electrons. The van der Waals surface area contributed by atoms with Gasteiger partial charge in [-0.05, 0) is 103 Å². The Kier molecular flexibility index (Phi) is 45.0. The first kappa shape index (κ1) is 55.9. The lowest BCUT2D eigenvalue weighted by atomic mass is 10.1. The monoisotopic (exact) mass is 823 g/mol. The Hall–Kier alpha value is -3.15. The van der Waals surface area contributed by atoms with E-state index in [0.717, 1.165) is 135 Å². The molecular weight excluding hydrogens is 733 g/mol. The van der Waals surface area contributed by atoms with E-state index in [-0.39, 0.29) is 31.1 Å². The van der Waals surface area contributed by atoms with Crippen LogP contribution in [-0.4, -0.2) is 37.2 Å². The van der Waals surface area contributed by atoms with Gasteiger partial charge < -0.3 is 14.2 Å². The second kappa shape index (κ2) is 47.5. The van der Waals surface area contributed by atoms with Crippen LogP contribution in [0.4, 0.5) is 0 Å². The molecule has 0 aromatic heterocycles. The van der Waals surface area contributed by atoms with E-state index in [1.165, 1.54) is 51.4 Å². The van der Waals surface area contributed by atoms with Gasteiger partial charge in [-0.25, -0.2) is 0 Å². The summed E-state index contributed by atoms with van der Waals surface area (Å²) in [4.78, 5) is 37.9. The van der Waals surface area contributed by atoms with Gasteiger partial charge in [0.1, 0.15) is 13.2 Å². The first-order valence-electron chi connectivity index (χ1n) is 24.4. The van der Waals surface area contributed by atoms with Crippen molar-refractivity contribution in [1.29, 1.82) is 0 Å². The largest absolute Gasteiger partial charge is 0.462 e. The number of ether oxygens (including phenoxy) is 3. The van der Waals surface area contributed by atoms with E-state index in [4.69, 9.17) is 14.2 Å². The number of hydrogen-bond acceptors (Lipinski definition) is 6. The lowest BCUT2D eigenvalue weighted by Crippen LogP contribution is -2.30. The number of esters is 3. The van der Waals surface area contributed by atoms with Crippen LogP contribution in [0.5, 0.6) is 0 Å². The van der Waals surface area contributed by atoms with Gasteiger partial charge in [0.2, 0.25) is 0 Å². The van der Waals surface area contributed by atoms with Gasteiger partial charge in [0.15, 0.2) is 6.10 Å². The molecule has 0 aliphatic rings. The Bertz CT molecular complexity index is 1130. The van der Waals surface area contributed by atoms with Gasteiger partial charge in [-0.3, -0.25) is 14.4 Å². The molecule has 1 atom stereocenters. The predicted octanol–water partition coefficient (Wildman–Crippen LogP) is 15.9. The first-order chi connectivity index (χ1) is 29.0. The van der Waals surface area contributed by atoms with Crippen molar-refractivity contribution in [3.05, 3.63) is 72.9 Å². The van der Waals surface area contributed by atoms with Crippen LogP contribution in [0.2, 0.25) is 0 Å². The zero-order valence-corrected chi connectivity index (χ0v) is 38.5. The average Bonchev–Trinajstić information content (AvgIpc) is 3.23. The molecule has 0 fully saturated rings. The topological polar surface area (TPSA) is 78.9 Å². The van der Waals surface area contributed by atoms with E-state index < -0.39 is 6.10 Å². The maximum atomic E-state index is 12.8. The first-order valence-corrected chi connectivity index (χ1v) is 24.4. The van der Waals surface area contributed by atoms with Crippen LogP contribution in [-0.2, 0) is 28.6 Å². The van der Waals surface area contributed by atoms with Crippen molar-refractivity contribution in [2.45, 2.75) is 232 Å². The molecule has 59 heavy (non-hydrogen) atoms. The number of carbonyl (C=O) groups excluding carboxylic acids is 3. The van der Waals surface area contributed by atoms with E-state index in [9.17, 15) is 14.4 Å². The predicted molar refractivity (Wildman–Crippen MR) is 251 cm³/mol. The summed E-state index contributed by atoms with van der Waals surface area (Å²) in [5.41, 5.74) is 0. The number of rotatable bonds is 43. The van der Waals surface area contributed by atoms with Crippen LogP contribution in [0, 0.1) is 0 Å². The third-order valence-corrected chi connectivity index (χ3v) is 10.1. The molecule has 0 aliphatic carbocycles. The maximum absolute atomic E-state index is 12.8. The second-order valence-electron chi connectivity index (χ2n) is 16.0. The highest BCUT2D eigenvalue weighted by Gasteiger charge is 2.19. The van der Waals surface area contributed by atoms with E-state index >= 15 is 0 Å². The third kappa shape index (κ3) is 45.8. The second-order valence-corrected chi connectivity index (χ2v) is 16.0. The minimum Gasteiger partial charge on any atom is -0.462 e. The molecule has 0 N–H and O–H groups in total. The quantitative estimate of drug-likeness (QED) is 0.0264. The van der Waals surface area contributed by atoms with Crippen LogP contribution >= 0.6 is 0 Å². The summed E-state index contributed by atoms with van der Waals surface area (Å²) in [7, 11) is 0. The molecule has 0 aromatic carbocycles. The van der Waals surface area contributed by atoms with E-state index in [0.29, 0.717) is 19.3 Å². The molecule has 0 aromatic rings. The molecule has 0 amide bonds. The van der Waals surface area contributed by atoms with Gasteiger partial charge in [-0.2, -0.15) is 0 Å². The third-order valence-electron chi connectivity index (χ3n) is 10.1. The molecule has 0 heterocycles. The van der Waals surface area contributed by atoms with Crippen molar-refractivity contribution in [2.75, 3.05) is 13.2 Å². The van der Waals surface area contributed by atoms with Crippen LogP contribution < -0.4 is 0 Å². The zero-order valence-electron chi connectivity index (χ0n) is 38.5. The van der Waals surface area contributed by atoms with Gasteiger partial charge in [0.05, 0.1) is 0 Å². The standard InChI is InChI=1S/C53H90O6/c1-4-7-10-13-16-19-22-25-26-29-31-34-37-40-43-46-52(55)58-49-50(59-53(56)47-44-41-38-35-32-28-24-21-18-15-12-9-6-3)48-57-51(54)45-42-39-36-33-30-27-23-20-17-14-11-8-5-2/h7,10,12,15-16,19-21,23-26,50H,4-6,8-9,11,13-14,17-18,22,27-49H2,1-3H3/b10-7-,15-12-,19-16-,23-20-,24-21-,26-25-. The Morgan fingerprint density at radius 3 is 1.12 bits per heavy atom. The molecule has 0 saturated carbocycles. The molecule has 0 aliphatic heterocycles. The molecule has 0 rings (SSSR count). The molecule has 0 bridgehead atoms. The normalized spacial score (nSPS) is 12.7. The van der Waals surface area contributed by atoms with Gasteiger partial charge in [0.25, 0.3) is 0 Å². The average molecular weight is 823 g/mol. The Morgan fingerprint density at radius 1 is 0.356 bits per heavy atom. The lowest BCUT2D eigenvalue weighted by Gasteiger charge is -2.18. The number of hydrogen-bond donors (Lipinski definition) is 0. The SMILES string of the molecule is CC/C=C\C/C=C\C/C=C\CCCCCCCC(=O)OCC(COC(=O)CCCCCCC/C=C\CCCCCC)OC(=O)CCCCCCC/C=C\C/C=C\CCC.